The third kappa shape index (κ3) is 3.41. The maximum Gasteiger partial charge on any atom is 0.248 e. The van der Waals surface area contributed by atoms with E-state index in [4.69, 9.17) is 0 Å². The molecule has 1 aliphatic carbocycles. The van der Waals surface area contributed by atoms with E-state index in [1.165, 1.54) is 25.7 Å². The zero-order chi connectivity index (χ0) is 15.6. The summed E-state index contributed by atoms with van der Waals surface area (Å²) < 4.78 is 0. The van der Waals surface area contributed by atoms with Gasteiger partial charge in [0, 0.05) is 6.54 Å². The number of nitrogens with zero attached hydrogens (tertiary/aromatic N) is 1. The highest BCUT2D eigenvalue weighted by Gasteiger charge is 2.45. The molecule has 0 aromatic carbocycles. The van der Waals surface area contributed by atoms with E-state index in [2.05, 4.69) is 12.2 Å². The Balaban J connectivity index is 1.96. The Kier molecular flexibility index (Phi) is 4.95. The molecular formula is C17H30N2O2. The highest BCUT2D eigenvalue weighted by atomic mass is 16.2. The molecule has 0 aromatic rings. The van der Waals surface area contributed by atoms with Gasteiger partial charge >= 0.3 is 0 Å². The molecule has 0 aromatic heterocycles. The number of piperazine rings is 1. The third-order valence-corrected chi connectivity index (χ3v) is 5.60. The average molecular weight is 294 g/mol. The van der Waals surface area contributed by atoms with Crippen LogP contribution in [0.3, 0.4) is 0 Å². The molecule has 4 heteroatoms. The smallest absolute Gasteiger partial charge is 0.248 e. The van der Waals surface area contributed by atoms with Crippen molar-refractivity contribution in [2.75, 3.05) is 6.54 Å². The number of hydrogen-bond acceptors (Lipinski definition) is 2. The fourth-order valence-electron chi connectivity index (χ4n) is 3.54. The van der Waals surface area contributed by atoms with Gasteiger partial charge in [-0.05, 0) is 38.5 Å². The first-order valence-electron chi connectivity index (χ1n) is 8.50. The second-order valence-corrected chi connectivity index (χ2v) is 7.26. The van der Waals surface area contributed by atoms with Crippen molar-refractivity contribution in [3.63, 3.8) is 0 Å². The molecule has 4 nitrogen and oxygen atoms in total. The minimum absolute atomic E-state index is 0.0174. The molecule has 2 aliphatic rings. The van der Waals surface area contributed by atoms with Crippen molar-refractivity contribution >= 4 is 11.8 Å². The van der Waals surface area contributed by atoms with Gasteiger partial charge in [0.2, 0.25) is 11.8 Å². The number of carbonyl (C=O) groups is 2. The minimum atomic E-state index is -0.718. The normalized spacial score (nSPS) is 37.5. The van der Waals surface area contributed by atoms with Crippen LogP contribution in [-0.2, 0) is 9.59 Å². The van der Waals surface area contributed by atoms with Gasteiger partial charge in [-0.15, -0.1) is 0 Å². The van der Waals surface area contributed by atoms with Crippen LogP contribution in [-0.4, -0.2) is 34.8 Å². The van der Waals surface area contributed by atoms with Crippen LogP contribution in [0.25, 0.3) is 0 Å². The van der Waals surface area contributed by atoms with Crippen LogP contribution >= 0.6 is 0 Å². The Hall–Kier alpha value is -1.06. The monoisotopic (exact) mass is 294 g/mol. The van der Waals surface area contributed by atoms with Gasteiger partial charge < -0.3 is 10.2 Å². The predicted molar refractivity (Wildman–Crippen MR) is 83.8 cm³/mol. The molecule has 2 unspecified atom stereocenters. The fourth-order valence-corrected chi connectivity index (χ4v) is 3.54. The molecule has 2 fully saturated rings. The predicted octanol–water partition coefficient (Wildman–Crippen LogP) is 2.72. The van der Waals surface area contributed by atoms with Crippen molar-refractivity contribution in [3.8, 4) is 0 Å². The Morgan fingerprint density at radius 2 is 1.81 bits per heavy atom. The van der Waals surface area contributed by atoms with Crippen molar-refractivity contribution in [3.05, 3.63) is 0 Å². The van der Waals surface area contributed by atoms with E-state index in [-0.39, 0.29) is 17.9 Å². The molecule has 21 heavy (non-hydrogen) atoms. The number of rotatable bonds is 4. The molecule has 2 rings (SSSR count). The first kappa shape index (κ1) is 16.3. The molecule has 0 spiro atoms. The molecule has 0 bridgehead atoms. The van der Waals surface area contributed by atoms with Gasteiger partial charge in [0.05, 0.1) is 0 Å². The Morgan fingerprint density at radius 3 is 2.38 bits per heavy atom. The summed E-state index contributed by atoms with van der Waals surface area (Å²) in [7, 11) is 0. The quantitative estimate of drug-likeness (QED) is 0.866. The van der Waals surface area contributed by atoms with Gasteiger partial charge in [0.25, 0.3) is 0 Å². The van der Waals surface area contributed by atoms with Crippen molar-refractivity contribution in [1.82, 2.24) is 10.2 Å². The number of hydrogen-bond donors (Lipinski definition) is 1. The first-order chi connectivity index (χ1) is 9.87. The number of nitrogens with one attached hydrogen (secondary N) is 1. The van der Waals surface area contributed by atoms with Crippen LogP contribution in [0.4, 0.5) is 0 Å². The largest absolute Gasteiger partial charge is 0.340 e. The SMILES string of the molecule is CCC1(C)NC(=O)C(C)N(CCC2CCC(C)CC2)C1=O. The second kappa shape index (κ2) is 6.37. The molecule has 1 saturated heterocycles. The van der Waals surface area contributed by atoms with Gasteiger partial charge in [-0.1, -0.05) is 39.5 Å². The van der Waals surface area contributed by atoms with Crippen LogP contribution < -0.4 is 5.32 Å². The molecule has 1 saturated carbocycles. The third-order valence-electron chi connectivity index (χ3n) is 5.60. The summed E-state index contributed by atoms with van der Waals surface area (Å²) in [4.78, 5) is 26.6. The highest BCUT2D eigenvalue weighted by Crippen LogP contribution is 2.31. The molecule has 1 aliphatic heterocycles. The number of carbonyl (C=O) groups excluding carboxylic acids is 2. The Labute approximate surface area is 128 Å². The standard InChI is InChI=1S/C17H30N2O2/c1-5-17(4)16(21)19(13(3)15(20)18-17)11-10-14-8-6-12(2)7-9-14/h12-14H,5-11H2,1-4H3,(H,18,20). The lowest BCUT2D eigenvalue weighted by Gasteiger charge is -2.43. The van der Waals surface area contributed by atoms with Crippen LogP contribution in [0.15, 0.2) is 0 Å². The lowest BCUT2D eigenvalue weighted by Crippen LogP contribution is -2.68. The Bertz CT molecular complexity index is 402. The fraction of sp³-hybridized carbons (Fsp3) is 0.882. The summed E-state index contributed by atoms with van der Waals surface area (Å²) in [5.41, 5.74) is -0.718. The van der Waals surface area contributed by atoms with Gasteiger partial charge in [-0.2, -0.15) is 0 Å². The summed E-state index contributed by atoms with van der Waals surface area (Å²) >= 11 is 0. The van der Waals surface area contributed by atoms with Gasteiger partial charge in [0.15, 0.2) is 0 Å². The van der Waals surface area contributed by atoms with E-state index in [0.717, 1.165) is 24.8 Å². The lowest BCUT2D eigenvalue weighted by molar-refractivity contribution is -0.154. The molecule has 1 N–H and O–H groups in total. The van der Waals surface area contributed by atoms with E-state index in [1.54, 1.807) is 4.90 Å². The maximum absolute atomic E-state index is 12.7. The van der Waals surface area contributed by atoms with Gasteiger partial charge in [-0.3, -0.25) is 9.59 Å². The summed E-state index contributed by atoms with van der Waals surface area (Å²) in [5, 5.41) is 2.89. The maximum atomic E-state index is 12.7. The van der Waals surface area contributed by atoms with E-state index in [0.29, 0.717) is 6.42 Å². The Morgan fingerprint density at radius 1 is 1.19 bits per heavy atom. The summed E-state index contributed by atoms with van der Waals surface area (Å²) in [6, 6.07) is -0.334. The summed E-state index contributed by atoms with van der Waals surface area (Å²) in [5.74, 6) is 1.64. The first-order valence-corrected chi connectivity index (χ1v) is 8.50. The zero-order valence-electron chi connectivity index (χ0n) is 13.9. The van der Waals surface area contributed by atoms with Crippen molar-refractivity contribution in [2.24, 2.45) is 11.8 Å². The molecular weight excluding hydrogens is 264 g/mol. The molecule has 2 atom stereocenters. The van der Waals surface area contributed by atoms with Crippen molar-refractivity contribution < 1.29 is 9.59 Å². The van der Waals surface area contributed by atoms with Crippen LogP contribution in [0.1, 0.15) is 66.2 Å². The average Bonchev–Trinajstić information content (AvgIpc) is 2.47. The topological polar surface area (TPSA) is 49.4 Å². The van der Waals surface area contributed by atoms with Crippen LogP contribution in [0.5, 0.6) is 0 Å². The van der Waals surface area contributed by atoms with E-state index in [9.17, 15) is 9.59 Å². The second-order valence-electron chi connectivity index (χ2n) is 7.26. The zero-order valence-corrected chi connectivity index (χ0v) is 13.9. The molecule has 1 heterocycles. The van der Waals surface area contributed by atoms with E-state index in [1.807, 2.05) is 20.8 Å². The molecule has 0 radical (unpaired) electrons. The van der Waals surface area contributed by atoms with Gasteiger partial charge in [-0.25, -0.2) is 0 Å². The van der Waals surface area contributed by atoms with E-state index >= 15 is 0 Å². The van der Waals surface area contributed by atoms with Crippen LogP contribution in [0.2, 0.25) is 0 Å². The summed E-state index contributed by atoms with van der Waals surface area (Å²) in [6.45, 7) is 8.68. The lowest BCUT2D eigenvalue weighted by atomic mass is 9.81. The van der Waals surface area contributed by atoms with E-state index < -0.39 is 5.54 Å². The highest BCUT2D eigenvalue weighted by molar-refractivity contribution is 5.99. The van der Waals surface area contributed by atoms with Crippen molar-refractivity contribution in [2.45, 2.75) is 77.8 Å². The van der Waals surface area contributed by atoms with Gasteiger partial charge in [0.1, 0.15) is 11.6 Å². The minimum Gasteiger partial charge on any atom is -0.340 e. The number of amides is 2. The molecule has 120 valence electrons. The van der Waals surface area contributed by atoms with Crippen molar-refractivity contribution in [1.29, 1.82) is 0 Å². The van der Waals surface area contributed by atoms with Crippen LogP contribution in [0, 0.1) is 11.8 Å². The summed E-state index contributed by atoms with van der Waals surface area (Å²) in [6.07, 6.45) is 6.84. The molecule has 2 amide bonds.